The molecule has 3 N–H and O–H groups in total. The molecule has 2 bridgehead atoms. The van der Waals surface area contributed by atoms with Gasteiger partial charge in [0.2, 0.25) is 0 Å². The first-order valence-electron chi connectivity index (χ1n) is 6.16. The van der Waals surface area contributed by atoms with E-state index in [-0.39, 0.29) is 12.8 Å². The van der Waals surface area contributed by atoms with Crippen molar-refractivity contribution in [3.63, 3.8) is 0 Å². The van der Waals surface area contributed by atoms with E-state index < -0.39 is 32.0 Å². The number of aliphatic hydroxyl groups is 1. The van der Waals surface area contributed by atoms with Gasteiger partial charge in [-0.15, -0.1) is 0 Å². The van der Waals surface area contributed by atoms with Gasteiger partial charge in [-0.1, -0.05) is 0 Å². The van der Waals surface area contributed by atoms with Gasteiger partial charge in [0.05, 0.1) is 22.1 Å². The number of rotatable bonds is 2. The Balaban J connectivity index is 1.90. The van der Waals surface area contributed by atoms with Crippen LogP contribution in [0.1, 0.15) is 37.3 Å². The SMILES string of the molecule is NC(c1ccsc1)C1(O)CC2CCC(C1)S2(=O)=O. The highest BCUT2D eigenvalue weighted by molar-refractivity contribution is 7.93. The van der Waals surface area contributed by atoms with Crippen LogP contribution in [0.5, 0.6) is 0 Å². The van der Waals surface area contributed by atoms with Crippen LogP contribution in [0.2, 0.25) is 0 Å². The van der Waals surface area contributed by atoms with Gasteiger partial charge in [-0.3, -0.25) is 0 Å². The van der Waals surface area contributed by atoms with Crippen LogP contribution < -0.4 is 5.73 Å². The second-order valence-electron chi connectivity index (χ2n) is 5.46. The first kappa shape index (κ1) is 12.6. The van der Waals surface area contributed by atoms with E-state index in [1.54, 1.807) is 0 Å². The average Bonchev–Trinajstić information content (AvgIpc) is 2.86. The van der Waals surface area contributed by atoms with E-state index in [1.165, 1.54) is 11.3 Å². The number of fused-ring (bicyclic) bond motifs is 2. The summed E-state index contributed by atoms with van der Waals surface area (Å²) in [6.45, 7) is 0. The lowest BCUT2D eigenvalue weighted by Gasteiger charge is -2.40. The monoisotopic (exact) mass is 287 g/mol. The van der Waals surface area contributed by atoms with Crippen LogP contribution in [-0.4, -0.2) is 29.6 Å². The van der Waals surface area contributed by atoms with Crippen LogP contribution in [0, 0.1) is 0 Å². The summed E-state index contributed by atoms with van der Waals surface area (Å²) >= 11 is 1.54. The number of sulfone groups is 1. The van der Waals surface area contributed by atoms with Crippen molar-refractivity contribution in [3.8, 4) is 0 Å². The second kappa shape index (κ2) is 4.03. The smallest absolute Gasteiger partial charge is 0.156 e. The summed E-state index contributed by atoms with van der Waals surface area (Å²) in [6.07, 6.45) is 1.91. The van der Waals surface area contributed by atoms with Crippen LogP contribution in [0.3, 0.4) is 0 Å². The molecule has 3 unspecified atom stereocenters. The Labute approximate surface area is 111 Å². The Bertz CT molecular complexity index is 518. The van der Waals surface area contributed by atoms with Gasteiger partial charge in [0.25, 0.3) is 0 Å². The van der Waals surface area contributed by atoms with Gasteiger partial charge in [-0.25, -0.2) is 8.42 Å². The lowest BCUT2D eigenvalue weighted by atomic mass is 9.83. The molecular weight excluding hydrogens is 270 g/mol. The molecule has 1 aromatic rings. The van der Waals surface area contributed by atoms with E-state index in [2.05, 4.69) is 0 Å². The molecule has 0 aromatic carbocycles. The summed E-state index contributed by atoms with van der Waals surface area (Å²) in [4.78, 5) is 0. The number of hydrogen-bond donors (Lipinski definition) is 2. The molecule has 2 aliphatic heterocycles. The third-order valence-corrected chi connectivity index (χ3v) is 7.75. The maximum absolute atomic E-state index is 12.0. The van der Waals surface area contributed by atoms with Gasteiger partial charge in [-0.2, -0.15) is 11.3 Å². The molecule has 6 heteroatoms. The summed E-state index contributed by atoms with van der Waals surface area (Å²) in [5.41, 5.74) is 5.98. The molecule has 100 valence electrons. The van der Waals surface area contributed by atoms with Crippen molar-refractivity contribution in [3.05, 3.63) is 22.4 Å². The molecule has 0 radical (unpaired) electrons. The van der Waals surface area contributed by atoms with E-state index in [4.69, 9.17) is 5.73 Å². The van der Waals surface area contributed by atoms with E-state index in [0.29, 0.717) is 12.8 Å². The van der Waals surface area contributed by atoms with E-state index >= 15 is 0 Å². The van der Waals surface area contributed by atoms with Gasteiger partial charge in [0, 0.05) is 0 Å². The third kappa shape index (κ3) is 1.74. The minimum absolute atomic E-state index is 0.281. The van der Waals surface area contributed by atoms with E-state index in [9.17, 15) is 13.5 Å². The van der Waals surface area contributed by atoms with Gasteiger partial charge < -0.3 is 10.8 Å². The zero-order valence-electron chi connectivity index (χ0n) is 9.95. The first-order valence-corrected chi connectivity index (χ1v) is 8.71. The molecule has 2 aliphatic rings. The molecule has 2 saturated heterocycles. The molecule has 3 atom stereocenters. The minimum atomic E-state index is -3.02. The van der Waals surface area contributed by atoms with Gasteiger partial charge in [-0.05, 0) is 48.1 Å². The maximum Gasteiger partial charge on any atom is 0.156 e. The highest BCUT2D eigenvalue weighted by Crippen LogP contribution is 2.47. The highest BCUT2D eigenvalue weighted by atomic mass is 32.2. The molecule has 18 heavy (non-hydrogen) atoms. The van der Waals surface area contributed by atoms with Gasteiger partial charge in [0.15, 0.2) is 9.84 Å². The molecular formula is C12H17NO3S2. The number of thiophene rings is 1. The van der Waals surface area contributed by atoms with Crippen LogP contribution in [-0.2, 0) is 9.84 Å². The molecule has 0 saturated carbocycles. The van der Waals surface area contributed by atoms with Crippen molar-refractivity contribution in [1.29, 1.82) is 0 Å². The van der Waals surface area contributed by atoms with Gasteiger partial charge >= 0.3 is 0 Å². The molecule has 2 fully saturated rings. The lowest BCUT2D eigenvalue weighted by Crippen LogP contribution is -2.51. The largest absolute Gasteiger partial charge is 0.388 e. The maximum atomic E-state index is 12.0. The molecule has 0 spiro atoms. The molecule has 0 aliphatic carbocycles. The molecule has 4 nitrogen and oxygen atoms in total. The van der Waals surface area contributed by atoms with Crippen molar-refractivity contribution < 1.29 is 13.5 Å². The van der Waals surface area contributed by atoms with Crippen molar-refractivity contribution >= 4 is 21.2 Å². The first-order chi connectivity index (χ1) is 8.43. The Morgan fingerprint density at radius 2 is 2.00 bits per heavy atom. The van der Waals surface area contributed by atoms with Crippen molar-refractivity contribution in [2.75, 3.05) is 0 Å². The molecule has 3 heterocycles. The Morgan fingerprint density at radius 1 is 1.39 bits per heavy atom. The average molecular weight is 287 g/mol. The third-order valence-electron chi connectivity index (χ3n) is 4.38. The van der Waals surface area contributed by atoms with Crippen LogP contribution >= 0.6 is 11.3 Å². The Morgan fingerprint density at radius 3 is 2.50 bits per heavy atom. The summed E-state index contributed by atoms with van der Waals surface area (Å²) in [6, 6.07) is 1.42. The van der Waals surface area contributed by atoms with Gasteiger partial charge in [0.1, 0.15) is 0 Å². The highest BCUT2D eigenvalue weighted by Gasteiger charge is 2.54. The fraction of sp³-hybridized carbons (Fsp3) is 0.667. The Hall–Kier alpha value is -0.430. The summed E-state index contributed by atoms with van der Waals surface area (Å²) in [5.74, 6) is 0. The zero-order chi connectivity index (χ0) is 13.0. The minimum Gasteiger partial charge on any atom is -0.388 e. The van der Waals surface area contributed by atoms with Crippen LogP contribution in [0.25, 0.3) is 0 Å². The van der Waals surface area contributed by atoms with Crippen molar-refractivity contribution in [2.24, 2.45) is 5.73 Å². The molecule has 1 aromatic heterocycles. The van der Waals surface area contributed by atoms with Crippen molar-refractivity contribution in [1.82, 2.24) is 0 Å². The van der Waals surface area contributed by atoms with Crippen LogP contribution in [0.15, 0.2) is 16.8 Å². The topological polar surface area (TPSA) is 80.4 Å². The zero-order valence-corrected chi connectivity index (χ0v) is 11.6. The predicted molar refractivity (Wildman–Crippen MR) is 71.2 cm³/mol. The summed E-state index contributed by atoms with van der Waals surface area (Å²) in [5, 5.41) is 13.8. The fourth-order valence-electron chi connectivity index (χ4n) is 3.30. The number of hydrogen-bond acceptors (Lipinski definition) is 5. The quantitative estimate of drug-likeness (QED) is 0.857. The van der Waals surface area contributed by atoms with Crippen molar-refractivity contribution in [2.45, 2.75) is 47.8 Å². The standard InChI is InChI=1S/C12H17NO3S2/c13-11(8-3-4-17-7-8)12(14)5-9-1-2-10(6-12)18(9,15)16/h3-4,7,9-11,14H,1-2,5-6,13H2. The number of nitrogens with two attached hydrogens (primary N) is 1. The van der Waals surface area contributed by atoms with Crippen LogP contribution in [0.4, 0.5) is 0 Å². The fourth-order valence-corrected chi connectivity index (χ4v) is 6.51. The normalized spacial score (nSPS) is 39.7. The molecule has 3 rings (SSSR count). The van der Waals surface area contributed by atoms with E-state index in [0.717, 1.165) is 5.56 Å². The lowest BCUT2D eigenvalue weighted by molar-refractivity contribution is -0.00407. The summed E-state index contributed by atoms with van der Waals surface area (Å²) in [7, 11) is -3.02. The second-order valence-corrected chi connectivity index (χ2v) is 8.75. The predicted octanol–water partition coefficient (Wildman–Crippen LogP) is 1.22. The summed E-state index contributed by atoms with van der Waals surface area (Å²) < 4.78 is 24.0. The van der Waals surface area contributed by atoms with E-state index in [1.807, 2.05) is 16.8 Å². The molecule has 0 amide bonds. The Kier molecular flexibility index (Phi) is 2.82.